The van der Waals surface area contributed by atoms with Crippen LogP contribution in [0.3, 0.4) is 0 Å². The van der Waals surface area contributed by atoms with Crippen LogP contribution < -0.4 is 5.32 Å². The van der Waals surface area contributed by atoms with E-state index in [0.717, 1.165) is 51.5 Å². The lowest BCUT2D eigenvalue weighted by molar-refractivity contribution is -0.115. The molecule has 5 rings (SSSR count). The van der Waals surface area contributed by atoms with Crippen LogP contribution in [-0.2, 0) is 17.6 Å². The average Bonchev–Trinajstić information content (AvgIpc) is 3.35. The first kappa shape index (κ1) is 25.7. The van der Waals surface area contributed by atoms with Crippen LogP contribution in [0.2, 0.25) is 0 Å². The Morgan fingerprint density at radius 1 is 0.895 bits per heavy atom. The number of fused-ring (bicyclic) bond motifs is 1. The second-order valence-electron chi connectivity index (χ2n) is 9.02. The lowest BCUT2D eigenvalue weighted by atomic mass is 10.1. The van der Waals surface area contributed by atoms with Gasteiger partial charge in [-0.25, -0.2) is 14.6 Å². The van der Waals surface area contributed by atoms with Gasteiger partial charge in [0.25, 0.3) is 0 Å². The Hall–Kier alpha value is -3.97. The highest BCUT2D eigenvalue weighted by Gasteiger charge is 2.25. The number of hydrogen-bond donors (Lipinski definition) is 1. The Morgan fingerprint density at radius 2 is 1.63 bits per heavy atom. The zero-order chi connectivity index (χ0) is 26.5. The second-order valence-corrected chi connectivity index (χ2v) is 10.2. The Labute approximate surface area is 227 Å². The Morgan fingerprint density at radius 3 is 2.32 bits per heavy atom. The van der Waals surface area contributed by atoms with Gasteiger partial charge < -0.3 is 5.32 Å². The summed E-state index contributed by atoms with van der Waals surface area (Å²) in [7, 11) is 0. The van der Waals surface area contributed by atoms with Gasteiger partial charge in [-0.05, 0) is 49.1 Å². The SMILES string of the molecule is CCc1cccc(NC(=O)[C@@H](CC)Sc2nc(-c3ccccc3)nc3c2c(CC)nn3-c2ccccc2)c1. The van der Waals surface area contributed by atoms with Crippen molar-refractivity contribution in [1.29, 1.82) is 0 Å². The topological polar surface area (TPSA) is 72.7 Å². The van der Waals surface area contributed by atoms with Gasteiger partial charge in [-0.1, -0.05) is 93.2 Å². The van der Waals surface area contributed by atoms with Gasteiger partial charge >= 0.3 is 0 Å². The molecule has 2 heterocycles. The predicted octanol–water partition coefficient (Wildman–Crippen LogP) is 7.12. The molecule has 0 fully saturated rings. The summed E-state index contributed by atoms with van der Waals surface area (Å²) in [5, 5.41) is 9.41. The minimum absolute atomic E-state index is 0.0349. The maximum atomic E-state index is 13.4. The van der Waals surface area contributed by atoms with Gasteiger partial charge in [0.1, 0.15) is 5.03 Å². The maximum absolute atomic E-state index is 13.4. The monoisotopic (exact) mass is 521 g/mol. The number of amides is 1. The number of aromatic nitrogens is 4. The van der Waals surface area contributed by atoms with Crippen molar-refractivity contribution in [2.75, 3.05) is 5.32 Å². The van der Waals surface area contributed by atoms with E-state index in [2.05, 4.69) is 25.2 Å². The fraction of sp³-hybridized carbons (Fsp3) is 0.226. The molecular weight excluding hydrogens is 490 g/mol. The van der Waals surface area contributed by atoms with Gasteiger partial charge in [-0.3, -0.25) is 4.79 Å². The van der Waals surface area contributed by atoms with Crippen LogP contribution in [0.4, 0.5) is 5.69 Å². The minimum Gasteiger partial charge on any atom is -0.325 e. The van der Waals surface area contributed by atoms with Crippen LogP contribution in [0.1, 0.15) is 38.4 Å². The third kappa shape index (κ3) is 5.34. The number of carbonyl (C=O) groups is 1. The van der Waals surface area contributed by atoms with Gasteiger partial charge in [-0.2, -0.15) is 5.10 Å². The zero-order valence-corrected chi connectivity index (χ0v) is 22.7. The number of carbonyl (C=O) groups excluding carboxylic acids is 1. The Balaban J connectivity index is 1.60. The molecule has 0 bridgehead atoms. The molecule has 38 heavy (non-hydrogen) atoms. The number of benzene rings is 3. The van der Waals surface area contributed by atoms with E-state index in [1.54, 1.807) is 0 Å². The lowest BCUT2D eigenvalue weighted by Crippen LogP contribution is -2.24. The second kappa shape index (κ2) is 11.6. The molecule has 0 aliphatic heterocycles. The van der Waals surface area contributed by atoms with E-state index >= 15 is 0 Å². The highest BCUT2D eigenvalue weighted by molar-refractivity contribution is 8.00. The van der Waals surface area contributed by atoms with E-state index in [1.807, 2.05) is 90.5 Å². The summed E-state index contributed by atoms with van der Waals surface area (Å²) in [6.07, 6.45) is 2.30. The van der Waals surface area contributed by atoms with Crippen molar-refractivity contribution < 1.29 is 4.79 Å². The number of rotatable bonds is 9. The highest BCUT2D eigenvalue weighted by atomic mass is 32.2. The summed E-state index contributed by atoms with van der Waals surface area (Å²) in [6.45, 7) is 6.23. The Kier molecular flexibility index (Phi) is 7.84. The molecule has 1 amide bonds. The fourth-order valence-corrected chi connectivity index (χ4v) is 5.47. The molecular formula is C31H31N5OS. The summed E-state index contributed by atoms with van der Waals surface area (Å²) in [4.78, 5) is 23.4. The molecule has 2 aromatic heterocycles. The fourth-order valence-electron chi connectivity index (χ4n) is 4.40. The summed E-state index contributed by atoms with van der Waals surface area (Å²) < 4.78 is 1.89. The lowest BCUT2D eigenvalue weighted by Gasteiger charge is -2.16. The first-order valence-corrected chi connectivity index (χ1v) is 14.0. The third-order valence-corrected chi connectivity index (χ3v) is 7.80. The molecule has 5 aromatic rings. The van der Waals surface area contributed by atoms with Crippen molar-refractivity contribution in [3.05, 3.63) is 96.2 Å². The summed E-state index contributed by atoms with van der Waals surface area (Å²) >= 11 is 1.49. The van der Waals surface area contributed by atoms with Crippen molar-refractivity contribution in [2.45, 2.75) is 50.3 Å². The van der Waals surface area contributed by atoms with E-state index < -0.39 is 0 Å². The maximum Gasteiger partial charge on any atom is 0.237 e. The molecule has 0 saturated carbocycles. The molecule has 1 N–H and O–H groups in total. The zero-order valence-electron chi connectivity index (χ0n) is 21.9. The number of nitrogens with one attached hydrogen (secondary N) is 1. The summed E-state index contributed by atoms with van der Waals surface area (Å²) in [5.74, 6) is 0.582. The van der Waals surface area contributed by atoms with Crippen molar-refractivity contribution in [3.8, 4) is 17.1 Å². The van der Waals surface area contributed by atoms with Gasteiger partial charge in [0.05, 0.1) is 22.0 Å². The highest BCUT2D eigenvalue weighted by Crippen LogP contribution is 2.35. The number of aryl methyl sites for hydroxylation is 2. The molecule has 0 aliphatic carbocycles. The molecule has 3 aromatic carbocycles. The van der Waals surface area contributed by atoms with Gasteiger partial charge in [0.15, 0.2) is 11.5 Å². The van der Waals surface area contributed by atoms with Crippen LogP contribution in [0.15, 0.2) is 90.0 Å². The first-order valence-electron chi connectivity index (χ1n) is 13.1. The molecule has 0 unspecified atom stereocenters. The van der Waals surface area contributed by atoms with Crippen LogP contribution in [-0.4, -0.2) is 30.9 Å². The summed E-state index contributed by atoms with van der Waals surface area (Å²) in [5.41, 5.74) is 5.52. The number of thioether (sulfide) groups is 1. The van der Waals surface area contributed by atoms with Crippen LogP contribution >= 0.6 is 11.8 Å². The number of hydrogen-bond acceptors (Lipinski definition) is 5. The first-order chi connectivity index (χ1) is 18.6. The van der Waals surface area contributed by atoms with E-state index in [1.165, 1.54) is 17.3 Å². The average molecular weight is 522 g/mol. The molecule has 0 spiro atoms. The summed E-state index contributed by atoms with van der Waals surface area (Å²) in [6, 6.07) is 28.0. The molecule has 0 aliphatic rings. The van der Waals surface area contributed by atoms with E-state index in [4.69, 9.17) is 15.1 Å². The smallest absolute Gasteiger partial charge is 0.237 e. The van der Waals surface area contributed by atoms with Gasteiger partial charge in [0.2, 0.25) is 5.91 Å². The largest absolute Gasteiger partial charge is 0.325 e. The normalized spacial score (nSPS) is 12.0. The van der Waals surface area contributed by atoms with Crippen LogP contribution in [0, 0.1) is 0 Å². The van der Waals surface area contributed by atoms with Gasteiger partial charge in [0, 0.05) is 11.3 Å². The van der Waals surface area contributed by atoms with Crippen molar-refractivity contribution in [2.24, 2.45) is 0 Å². The van der Waals surface area contributed by atoms with Crippen LogP contribution in [0.25, 0.3) is 28.1 Å². The molecule has 1 atom stereocenters. The third-order valence-electron chi connectivity index (χ3n) is 6.45. The number of nitrogens with zero attached hydrogens (tertiary/aromatic N) is 4. The van der Waals surface area contributed by atoms with Crippen molar-refractivity contribution in [3.63, 3.8) is 0 Å². The molecule has 6 nitrogen and oxygen atoms in total. The molecule has 0 saturated heterocycles. The van der Waals surface area contributed by atoms with Crippen molar-refractivity contribution >= 4 is 34.4 Å². The molecule has 0 radical (unpaired) electrons. The predicted molar refractivity (Wildman–Crippen MR) is 156 cm³/mol. The van der Waals surface area contributed by atoms with E-state index in [0.29, 0.717) is 12.2 Å². The quantitative estimate of drug-likeness (QED) is 0.165. The molecule has 7 heteroatoms. The molecule has 192 valence electrons. The van der Waals surface area contributed by atoms with E-state index in [-0.39, 0.29) is 11.2 Å². The van der Waals surface area contributed by atoms with Crippen molar-refractivity contribution in [1.82, 2.24) is 19.7 Å². The standard InChI is InChI=1S/C31H31N5OS/c1-4-21-14-13-17-23(20-21)32-30(37)26(6-3)38-31-27-25(5-2)35-36(24-18-11-8-12-19-24)29(27)33-28(34-31)22-15-9-7-10-16-22/h7-20,26H,4-6H2,1-3H3,(H,32,37)/t26-/m1/s1. The minimum atomic E-state index is -0.327. The van der Waals surface area contributed by atoms with E-state index in [9.17, 15) is 4.79 Å². The van der Waals surface area contributed by atoms with Gasteiger partial charge in [-0.15, -0.1) is 0 Å². The van der Waals surface area contributed by atoms with Crippen LogP contribution in [0.5, 0.6) is 0 Å². The Bertz CT molecular complexity index is 1550. The number of para-hydroxylation sites is 1. The number of anilines is 1.